The number of carbonyl (C=O) groups is 1. The number of ether oxygens (including phenoxy) is 1. The number of aryl methyl sites for hydroxylation is 1. The molecule has 2 heterocycles. The molecule has 0 unspecified atom stereocenters. The molecule has 0 bridgehead atoms. The standard InChI is InChI=1S/C37H30Cl3NO2S/c1-37(2)27-18-22(12-8-6-4-5-7-9-13-23-14-10-11-15-30(23)41-3)16-17-25(27)36-28(37)19-24(44-36)20-31-34(42)26-21-29(38)32(39)33(40)35(26)43-31/h4,6,8,10-12,14-21H,3,5,7,9,13H2,1-2H3/b6-4-,12-8-,31-20+. The van der Waals surface area contributed by atoms with E-state index in [0.29, 0.717) is 5.56 Å². The third-order valence-corrected chi connectivity index (χ3v) is 10.6. The Bertz CT molecular complexity index is 1900. The van der Waals surface area contributed by atoms with Crippen LogP contribution in [0.15, 0.2) is 83.6 Å². The Morgan fingerprint density at radius 3 is 2.59 bits per heavy atom. The van der Waals surface area contributed by atoms with E-state index in [-0.39, 0.29) is 37.8 Å². The predicted molar refractivity (Wildman–Crippen MR) is 188 cm³/mol. The second-order valence-corrected chi connectivity index (χ2v) is 13.7. The zero-order valence-corrected chi connectivity index (χ0v) is 27.5. The Kier molecular flexibility index (Phi) is 8.72. The molecule has 0 spiro atoms. The second-order valence-electron chi connectivity index (χ2n) is 11.4. The van der Waals surface area contributed by atoms with Crippen molar-refractivity contribution < 1.29 is 9.53 Å². The summed E-state index contributed by atoms with van der Waals surface area (Å²) >= 11 is 20.3. The first-order valence-corrected chi connectivity index (χ1v) is 16.4. The van der Waals surface area contributed by atoms with Gasteiger partial charge >= 0.3 is 0 Å². The minimum absolute atomic E-state index is 0.148. The van der Waals surface area contributed by atoms with E-state index in [0.717, 1.165) is 36.2 Å². The fourth-order valence-electron chi connectivity index (χ4n) is 5.83. The van der Waals surface area contributed by atoms with E-state index in [1.54, 1.807) is 17.4 Å². The maximum Gasteiger partial charge on any atom is 0.232 e. The molecule has 3 nitrogen and oxygen atoms in total. The number of carbonyl (C=O) groups excluding carboxylic acids is 1. The van der Waals surface area contributed by atoms with Crippen LogP contribution in [-0.4, -0.2) is 12.5 Å². The van der Waals surface area contributed by atoms with Gasteiger partial charge in [-0.1, -0.05) is 109 Å². The summed E-state index contributed by atoms with van der Waals surface area (Å²) in [5, 5.41) is 0.548. The highest BCUT2D eigenvalue weighted by Crippen LogP contribution is 2.53. The lowest BCUT2D eigenvalue weighted by Crippen LogP contribution is -2.14. The Morgan fingerprint density at radius 1 is 0.955 bits per heavy atom. The number of allylic oxidation sites excluding steroid dienone is 4. The van der Waals surface area contributed by atoms with Crippen molar-refractivity contribution >= 4 is 76.5 Å². The smallest absolute Gasteiger partial charge is 0.232 e. The van der Waals surface area contributed by atoms with Crippen LogP contribution < -0.4 is 4.74 Å². The number of thiophene rings is 1. The highest BCUT2D eigenvalue weighted by molar-refractivity contribution is 7.16. The number of hydrogen-bond acceptors (Lipinski definition) is 4. The zero-order chi connectivity index (χ0) is 31.0. The molecule has 0 atom stereocenters. The van der Waals surface area contributed by atoms with Gasteiger partial charge in [-0.15, -0.1) is 11.3 Å². The van der Waals surface area contributed by atoms with E-state index in [4.69, 9.17) is 39.5 Å². The third kappa shape index (κ3) is 5.73. The van der Waals surface area contributed by atoms with Crippen molar-refractivity contribution in [3.63, 3.8) is 0 Å². The average molecular weight is 659 g/mol. The number of ketones is 1. The molecule has 4 aromatic rings. The monoisotopic (exact) mass is 657 g/mol. The topological polar surface area (TPSA) is 38.7 Å². The lowest BCUT2D eigenvalue weighted by molar-refractivity contribution is 0.101. The molecule has 1 aliphatic heterocycles. The van der Waals surface area contributed by atoms with Crippen LogP contribution >= 0.6 is 46.1 Å². The summed E-state index contributed by atoms with van der Waals surface area (Å²) in [4.78, 5) is 19.3. The fourth-order valence-corrected chi connectivity index (χ4v) is 7.75. The first-order chi connectivity index (χ1) is 21.2. The molecule has 44 heavy (non-hydrogen) atoms. The van der Waals surface area contributed by atoms with Crippen molar-refractivity contribution in [3.05, 3.63) is 126 Å². The number of hydrogen-bond donors (Lipinski definition) is 0. The maximum absolute atomic E-state index is 13.0. The molecule has 1 aliphatic carbocycles. The molecule has 0 saturated heterocycles. The Hall–Kier alpha value is -3.41. The Morgan fingerprint density at radius 2 is 1.77 bits per heavy atom. The third-order valence-electron chi connectivity index (χ3n) is 8.22. The van der Waals surface area contributed by atoms with Gasteiger partial charge in [-0.05, 0) is 78.4 Å². The molecule has 3 aromatic carbocycles. The Balaban J connectivity index is 1.11. The summed E-state index contributed by atoms with van der Waals surface area (Å²) < 4.78 is 5.85. The number of nitrogens with zero attached hydrogens (tertiary/aromatic N) is 1. The van der Waals surface area contributed by atoms with Gasteiger partial charge in [0.25, 0.3) is 0 Å². The van der Waals surface area contributed by atoms with Crippen LogP contribution in [0.25, 0.3) is 22.6 Å². The van der Waals surface area contributed by atoms with Gasteiger partial charge in [0.05, 0.1) is 21.3 Å². The Labute approximate surface area is 277 Å². The number of Topliss-reactive ketones (excluding diaryl/α,β-unsaturated/α-hetero) is 1. The van der Waals surface area contributed by atoms with Crippen LogP contribution in [0.5, 0.6) is 5.75 Å². The van der Waals surface area contributed by atoms with Gasteiger partial charge in [-0.2, -0.15) is 0 Å². The molecule has 0 N–H and O–H groups in total. The van der Waals surface area contributed by atoms with Gasteiger partial charge in [-0.25, -0.2) is 0 Å². The molecular formula is C37H30Cl3NO2S. The minimum Gasteiger partial charge on any atom is -0.451 e. The van der Waals surface area contributed by atoms with E-state index in [1.165, 1.54) is 38.8 Å². The average Bonchev–Trinajstić information content (AvgIpc) is 3.64. The summed E-state index contributed by atoms with van der Waals surface area (Å²) in [7, 11) is 0. The van der Waals surface area contributed by atoms with Crippen molar-refractivity contribution in [3.8, 4) is 16.2 Å². The van der Waals surface area contributed by atoms with Crippen LogP contribution in [0.3, 0.4) is 0 Å². The van der Waals surface area contributed by atoms with Gasteiger partial charge < -0.3 is 4.74 Å². The molecule has 1 aromatic heterocycles. The van der Waals surface area contributed by atoms with Crippen molar-refractivity contribution in [2.75, 3.05) is 0 Å². The quantitative estimate of drug-likeness (QED) is 0.0590. The summed E-state index contributed by atoms with van der Waals surface area (Å²) in [5.41, 5.74) is 7.34. The lowest BCUT2D eigenvalue weighted by atomic mass is 9.82. The summed E-state index contributed by atoms with van der Waals surface area (Å²) in [5.74, 6) is 0.207. The van der Waals surface area contributed by atoms with Gasteiger partial charge in [-0.3, -0.25) is 9.79 Å². The largest absolute Gasteiger partial charge is 0.451 e. The molecular weight excluding hydrogens is 629 g/mol. The van der Waals surface area contributed by atoms with Crippen molar-refractivity contribution in [1.82, 2.24) is 0 Å². The maximum atomic E-state index is 13.0. The molecule has 2 aliphatic rings. The summed E-state index contributed by atoms with van der Waals surface area (Å²) in [6, 6.07) is 18.5. The van der Waals surface area contributed by atoms with Gasteiger partial charge in [0.1, 0.15) is 5.02 Å². The number of benzene rings is 3. The van der Waals surface area contributed by atoms with Crippen molar-refractivity contribution in [1.29, 1.82) is 0 Å². The number of aliphatic imine (C=N–C) groups is 1. The van der Waals surface area contributed by atoms with E-state index in [2.05, 4.69) is 86.3 Å². The highest BCUT2D eigenvalue weighted by atomic mass is 35.5. The number of fused-ring (bicyclic) bond motifs is 4. The van der Waals surface area contributed by atoms with Crippen LogP contribution in [0.1, 0.15) is 70.6 Å². The minimum atomic E-state index is -0.258. The van der Waals surface area contributed by atoms with Crippen LogP contribution in [-0.2, 0) is 11.8 Å². The van der Waals surface area contributed by atoms with E-state index < -0.39 is 0 Å². The SMILES string of the molecule is C=Nc1ccccc1CCCC/C=C\C=C/c1ccc2c(c1)C(C)(C)c1cc(/C=C3/Oc4c(cc(Cl)c(Cl)c4Cl)C3=O)sc1-2. The summed E-state index contributed by atoms with van der Waals surface area (Å²) in [6.07, 6.45) is 14.7. The van der Waals surface area contributed by atoms with E-state index >= 15 is 0 Å². The molecule has 0 saturated carbocycles. The van der Waals surface area contributed by atoms with Gasteiger partial charge in [0.15, 0.2) is 11.5 Å². The number of unbranched alkanes of at least 4 members (excludes halogenated alkanes) is 2. The lowest BCUT2D eigenvalue weighted by Gasteiger charge is -2.21. The second kappa shape index (κ2) is 12.5. The molecule has 0 fully saturated rings. The first-order valence-electron chi connectivity index (χ1n) is 14.5. The van der Waals surface area contributed by atoms with Crippen LogP contribution in [0, 0.1) is 0 Å². The summed E-state index contributed by atoms with van der Waals surface area (Å²) in [6.45, 7) is 8.16. The van der Waals surface area contributed by atoms with Gasteiger partial charge in [0.2, 0.25) is 5.78 Å². The molecule has 7 heteroatoms. The predicted octanol–water partition coefficient (Wildman–Crippen LogP) is 11.9. The van der Waals surface area contributed by atoms with Crippen LogP contribution in [0.2, 0.25) is 15.1 Å². The number of halogens is 3. The number of rotatable bonds is 9. The fraction of sp³-hybridized carbons (Fsp3) is 0.189. The highest BCUT2D eigenvalue weighted by Gasteiger charge is 2.38. The molecule has 0 radical (unpaired) electrons. The number of para-hydroxylation sites is 1. The molecule has 6 rings (SSSR count). The van der Waals surface area contributed by atoms with Crippen molar-refractivity contribution in [2.24, 2.45) is 4.99 Å². The first kappa shape index (κ1) is 30.6. The van der Waals surface area contributed by atoms with E-state index in [9.17, 15) is 4.79 Å². The van der Waals surface area contributed by atoms with E-state index in [1.807, 2.05) is 12.1 Å². The molecule has 0 amide bonds. The zero-order valence-electron chi connectivity index (χ0n) is 24.4. The van der Waals surface area contributed by atoms with Crippen LogP contribution in [0.4, 0.5) is 5.69 Å². The van der Waals surface area contributed by atoms with Gasteiger partial charge in [0, 0.05) is 21.2 Å². The van der Waals surface area contributed by atoms with Crippen molar-refractivity contribution in [2.45, 2.75) is 44.9 Å². The molecule has 222 valence electrons. The normalized spacial score (nSPS) is 15.7.